The maximum atomic E-state index is 10.3. The molecule has 0 aliphatic rings. The van der Waals surface area contributed by atoms with E-state index >= 15 is 0 Å². The van der Waals surface area contributed by atoms with Gasteiger partial charge in [-0.2, -0.15) is 0 Å². The van der Waals surface area contributed by atoms with Crippen LogP contribution in [0.1, 0.15) is 180 Å². The van der Waals surface area contributed by atoms with Crippen molar-refractivity contribution >= 4 is 17.9 Å². The Kier molecular flexibility index (Phi) is 34.4. The van der Waals surface area contributed by atoms with E-state index in [-0.39, 0.29) is 0 Å². The summed E-state index contributed by atoms with van der Waals surface area (Å²) in [6.45, 7) is 2.26. The summed E-state index contributed by atoms with van der Waals surface area (Å²) in [5, 5.41) is 25.5. The van der Waals surface area contributed by atoms with Crippen molar-refractivity contribution in [2.75, 3.05) is 0 Å². The van der Waals surface area contributed by atoms with Crippen molar-refractivity contribution < 1.29 is 29.7 Å². The third kappa shape index (κ3) is 43.4. The molecule has 0 bridgehead atoms. The van der Waals surface area contributed by atoms with E-state index in [0.717, 1.165) is 51.4 Å². The predicted molar refractivity (Wildman–Crippen MR) is 162 cm³/mol. The largest absolute Gasteiger partial charge is 0.481 e. The van der Waals surface area contributed by atoms with Gasteiger partial charge in [0, 0.05) is 19.3 Å². The number of carboxylic acids is 3. The number of hydrogen-bond acceptors (Lipinski definition) is 3. The average Bonchev–Trinajstić information content (AvgIpc) is 2.89. The van der Waals surface area contributed by atoms with Gasteiger partial charge in [-0.25, -0.2) is 0 Å². The van der Waals surface area contributed by atoms with Crippen molar-refractivity contribution in [3.05, 3.63) is 12.2 Å². The molecule has 0 fully saturated rings. The monoisotopic (exact) mass is 554 g/mol. The third-order valence-electron chi connectivity index (χ3n) is 6.93. The summed E-state index contributed by atoms with van der Waals surface area (Å²) in [6.07, 6.45) is 33.9. The number of carbonyl (C=O) groups is 3. The minimum absolute atomic E-state index is 0.302. The lowest BCUT2D eigenvalue weighted by atomic mass is 10.0. The molecule has 0 aromatic rings. The highest BCUT2D eigenvalue weighted by atomic mass is 16.4. The van der Waals surface area contributed by atoms with Gasteiger partial charge in [0.25, 0.3) is 0 Å². The van der Waals surface area contributed by atoms with Crippen LogP contribution in [0.2, 0.25) is 0 Å². The van der Waals surface area contributed by atoms with Crippen LogP contribution in [0, 0.1) is 0 Å². The maximum absolute atomic E-state index is 10.3. The van der Waals surface area contributed by atoms with E-state index in [1.54, 1.807) is 0 Å². The summed E-state index contributed by atoms with van der Waals surface area (Å²) in [6, 6.07) is 0. The Morgan fingerprint density at radius 1 is 0.385 bits per heavy atom. The number of aliphatic carboxylic acids is 3. The van der Waals surface area contributed by atoms with Crippen molar-refractivity contribution in [1.82, 2.24) is 0 Å². The van der Waals surface area contributed by atoms with Crippen molar-refractivity contribution in [3.63, 3.8) is 0 Å². The van der Waals surface area contributed by atoms with E-state index in [1.807, 2.05) is 0 Å². The molecular formula is C33H62O6. The summed E-state index contributed by atoms with van der Waals surface area (Å²) < 4.78 is 0. The highest BCUT2D eigenvalue weighted by Gasteiger charge is 1.98. The molecule has 39 heavy (non-hydrogen) atoms. The second-order valence-corrected chi connectivity index (χ2v) is 10.9. The lowest BCUT2D eigenvalue weighted by Crippen LogP contribution is -1.93. The lowest BCUT2D eigenvalue weighted by Gasteiger charge is -2.02. The zero-order chi connectivity index (χ0) is 29.2. The molecule has 0 rings (SSSR count). The van der Waals surface area contributed by atoms with Gasteiger partial charge in [0.05, 0.1) is 0 Å². The molecular weight excluding hydrogens is 492 g/mol. The zero-order valence-corrected chi connectivity index (χ0v) is 25.3. The molecule has 3 N–H and O–H groups in total. The van der Waals surface area contributed by atoms with Crippen LogP contribution in [0.15, 0.2) is 12.2 Å². The van der Waals surface area contributed by atoms with Gasteiger partial charge in [-0.15, -0.1) is 0 Å². The quantitative estimate of drug-likeness (QED) is 0.0626. The first-order valence-corrected chi connectivity index (χ1v) is 16.2. The number of hydrogen-bond donors (Lipinski definition) is 3. The van der Waals surface area contributed by atoms with Crippen molar-refractivity contribution in [2.24, 2.45) is 0 Å². The van der Waals surface area contributed by atoms with Gasteiger partial charge in [0.1, 0.15) is 0 Å². The summed E-state index contributed by atoms with van der Waals surface area (Å²) >= 11 is 0. The van der Waals surface area contributed by atoms with Crippen LogP contribution in [0.4, 0.5) is 0 Å². The van der Waals surface area contributed by atoms with Gasteiger partial charge in [0.15, 0.2) is 0 Å². The Balaban J connectivity index is 0. The molecule has 0 saturated carbocycles. The molecule has 0 spiro atoms. The molecule has 6 nitrogen and oxygen atoms in total. The molecule has 0 aromatic heterocycles. The Morgan fingerprint density at radius 3 is 0.872 bits per heavy atom. The fraction of sp³-hybridized carbons (Fsp3) is 0.848. The first-order valence-electron chi connectivity index (χ1n) is 16.2. The average molecular weight is 555 g/mol. The molecule has 0 aliphatic heterocycles. The van der Waals surface area contributed by atoms with E-state index < -0.39 is 17.9 Å². The topological polar surface area (TPSA) is 112 Å². The third-order valence-corrected chi connectivity index (χ3v) is 6.93. The predicted octanol–water partition coefficient (Wildman–Crippen LogP) is 10.3. The minimum atomic E-state index is -0.692. The molecule has 0 saturated heterocycles. The second kappa shape index (κ2) is 34.2. The van der Waals surface area contributed by atoms with Gasteiger partial charge < -0.3 is 15.3 Å². The van der Waals surface area contributed by atoms with Crippen LogP contribution < -0.4 is 0 Å². The summed E-state index contributed by atoms with van der Waals surface area (Å²) in [7, 11) is 0. The summed E-state index contributed by atoms with van der Waals surface area (Å²) in [4.78, 5) is 30.9. The Labute approximate surface area is 240 Å². The fourth-order valence-corrected chi connectivity index (χ4v) is 4.49. The normalized spacial score (nSPS) is 10.9. The zero-order valence-electron chi connectivity index (χ0n) is 25.3. The van der Waals surface area contributed by atoms with Crippen LogP contribution in [0.3, 0.4) is 0 Å². The van der Waals surface area contributed by atoms with E-state index in [0.29, 0.717) is 19.3 Å². The first-order chi connectivity index (χ1) is 18.9. The fourth-order valence-electron chi connectivity index (χ4n) is 4.49. The van der Waals surface area contributed by atoms with Gasteiger partial charge in [0.2, 0.25) is 0 Å². The highest BCUT2D eigenvalue weighted by molar-refractivity contribution is 5.67. The van der Waals surface area contributed by atoms with Crippen molar-refractivity contribution in [2.45, 2.75) is 180 Å². The highest BCUT2D eigenvalue weighted by Crippen LogP contribution is 2.13. The Hall–Kier alpha value is -1.85. The van der Waals surface area contributed by atoms with Crippen LogP contribution in [0.25, 0.3) is 0 Å². The second-order valence-electron chi connectivity index (χ2n) is 10.9. The van der Waals surface area contributed by atoms with Crippen LogP contribution in [-0.4, -0.2) is 33.2 Å². The number of unbranched alkanes of at least 4 members (excludes halogenated alkanes) is 21. The Morgan fingerprint density at radius 2 is 0.615 bits per heavy atom. The van der Waals surface area contributed by atoms with Gasteiger partial charge in [-0.3, -0.25) is 14.4 Å². The van der Waals surface area contributed by atoms with Crippen LogP contribution in [0.5, 0.6) is 0 Å². The minimum Gasteiger partial charge on any atom is -0.481 e. The van der Waals surface area contributed by atoms with Gasteiger partial charge in [-0.05, 0) is 44.9 Å². The molecule has 0 amide bonds. The molecule has 0 radical (unpaired) electrons. The molecule has 0 heterocycles. The van der Waals surface area contributed by atoms with Crippen LogP contribution in [-0.2, 0) is 14.4 Å². The summed E-state index contributed by atoms with van der Waals surface area (Å²) in [5.41, 5.74) is 0. The first kappa shape index (κ1) is 39.3. The van der Waals surface area contributed by atoms with Crippen LogP contribution >= 0.6 is 0 Å². The molecule has 0 aromatic carbocycles. The lowest BCUT2D eigenvalue weighted by molar-refractivity contribution is -0.138. The number of carboxylic acid groups (broad SMARTS) is 3. The van der Waals surface area contributed by atoms with Gasteiger partial charge >= 0.3 is 17.9 Å². The molecule has 0 aliphatic carbocycles. The van der Waals surface area contributed by atoms with E-state index in [1.165, 1.54) is 103 Å². The standard InChI is InChI=1S/C18H34O2.C15H28O4/c1-2-3-4-5-6-7-8-9-10-11-12-13-14-15-16-17-18(19)20;16-14(17)12-10-8-6-4-2-1-3-5-7-9-11-13-15(18)19/h9-10H,2-8,11-17H2,1H3,(H,19,20);1-13H2,(H,16,17)(H,18,19)/b10-9-;. The van der Waals surface area contributed by atoms with Crippen molar-refractivity contribution in [3.8, 4) is 0 Å². The smallest absolute Gasteiger partial charge is 0.303 e. The Bertz CT molecular complexity index is 549. The molecule has 0 atom stereocenters. The molecule has 230 valence electrons. The summed E-state index contributed by atoms with van der Waals surface area (Å²) in [5.74, 6) is -2.05. The SMILES string of the molecule is CCCCCCCC/C=C\CCCCCCCC(=O)O.O=C(O)CCCCCCCCCCCCCC(=O)O. The maximum Gasteiger partial charge on any atom is 0.303 e. The molecule has 6 heteroatoms. The van der Waals surface area contributed by atoms with Crippen molar-refractivity contribution in [1.29, 1.82) is 0 Å². The van der Waals surface area contributed by atoms with Gasteiger partial charge in [-0.1, -0.05) is 128 Å². The van der Waals surface area contributed by atoms with E-state index in [2.05, 4.69) is 19.1 Å². The number of rotatable bonds is 29. The van der Waals surface area contributed by atoms with E-state index in [9.17, 15) is 14.4 Å². The number of allylic oxidation sites excluding steroid dienone is 2. The van der Waals surface area contributed by atoms with E-state index in [4.69, 9.17) is 15.3 Å². The molecule has 0 unspecified atom stereocenters.